The Morgan fingerprint density at radius 2 is 2.04 bits per heavy atom. The van der Waals surface area contributed by atoms with Gasteiger partial charge in [-0.25, -0.2) is 9.78 Å². The summed E-state index contributed by atoms with van der Waals surface area (Å²) in [7, 11) is 5.69. The van der Waals surface area contributed by atoms with Crippen LogP contribution in [0.4, 0.5) is 9.93 Å². The zero-order valence-electron chi connectivity index (χ0n) is 16.1. The number of likely N-dealkylation sites (N-methyl/N-ethyl adjacent to an activating group) is 1. The highest BCUT2D eigenvalue weighted by Gasteiger charge is 2.24. The van der Waals surface area contributed by atoms with Crippen LogP contribution < -0.4 is 15.0 Å². The average molecular weight is 390 g/mol. The molecular weight excluding hydrogens is 362 g/mol. The van der Waals surface area contributed by atoms with Crippen molar-refractivity contribution in [1.29, 1.82) is 0 Å². The second-order valence-electron chi connectivity index (χ2n) is 6.70. The lowest BCUT2D eigenvalue weighted by Gasteiger charge is -2.35. The standard InChI is InChI=1S/C19H27N5O2S/c1-22(2)16(15-6-4-5-7-17(15)26-3)14-21-18(25)23-9-11-24(12-10-23)19-20-8-13-27-19/h4-8,13,16H,9-12,14H2,1-3H3,(H,21,25). The average Bonchev–Trinajstić information content (AvgIpc) is 3.23. The molecule has 0 aliphatic carbocycles. The maximum atomic E-state index is 12.6. The Labute approximate surface area is 164 Å². The molecule has 0 radical (unpaired) electrons. The zero-order valence-corrected chi connectivity index (χ0v) is 16.9. The minimum absolute atomic E-state index is 0.0180. The van der Waals surface area contributed by atoms with Crippen molar-refractivity contribution >= 4 is 22.5 Å². The number of para-hydroxylation sites is 1. The van der Waals surface area contributed by atoms with Crippen molar-refractivity contribution in [3.05, 3.63) is 41.4 Å². The summed E-state index contributed by atoms with van der Waals surface area (Å²) in [5.74, 6) is 0.836. The number of nitrogens with zero attached hydrogens (tertiary/aromatic N) is 4. The van der Waals surface area contributed by atoms with Crippen molar-refractivity contribution in [1.82, 2.24) is 20.1 Å². The molecule has 0 saturated carbocycles. The molecule has 2 amide bonds. The van der Waals surface area contributed by atoms with E-state index in [9.17, 15) is 4.79 Å². The summed E-state index contributed by atoms with van der Waals surface area (Å²) < 4.78 is 5.49. The number of methoxy groups -OCH3 is 1. The van der Waals surface area contributed by atoms with Gasteiger partial charge in [-0.15, -0.1) is 11.3 Å². The van der Waals surface area contributed by atoms with Gasteiger partial charge in [0.1, 0.15) is 5.75 Å². The largest absolute Gasteiger partial charge is 0.496 e. The molecule has 1 aliphatic heterocycles. The molecule has 146 valence electrons. The van der Waals surface area contributed by atoms with Crippen LogP contribution in [0.5, 0.6) is 5.75 Å². The molecule has 1 aliphatic rings. The van der Waals surface area contributed by atoms with Crippen molar-refractivity contribution < 1.29 is 9.53 Å². The quantitative estimate of drug-likeness (QED) is 0.821. The van der Waals surface area contributed by atoms with Crippen LogP contribution >= 0.6 is 11.3 Å². The van der Waals surface area contributed by atoms with E-state index in [1.54, 1.807) is 18.4 Å². The minimum atomic E-state index is -0.0180. The molecule has 0 bridgehead atoms. The fraction of sp³-hybridized carbons (Fsp3) is 0.474. The molecule has 8 heteroatoms. The van der Waals surface area contributed by atoms with Gasteiger partial charge in [-0.2, -0.15) is 0 Å². The van der Waals surface area contributed by atoms with Gasteiger partial charge in [-0.1, -0.05) is 18.2 Å². The highest BCUT2D eigenvalue weighted by atomic mass is 32.1. The van der Waals surface area contributed by atoms with Crippen molar-refractivity contribution in [2.45, 2.75) is 6.04 Å². The molecule has 1 saturated heterocycles. The first-order chi connectivity index (χ1) is 13.1. The smallest absolute Gasteiger partial charge is 0.317 e. The number of hydrogen-bond donors (Lipinski definition) is 1. The van der Waals surface area contributed by atoms with E-state index in [1.807, 2.05) is 54.8 Å². The summed E-state index contributed by atoms with van der Waals surface area (Å²) in [6.45, 7) is 3.55. The molecule has 1 unspecified atom stereocenters. The Bertz CT molecular complexity index is 729. The topological polar surface area (TPSA) is 60.9 Å². The van der Waals surface area contributed by atoms with E-state index in [1.165, 1.54) is 0 Å². The third-order valence-corrected chi connectivity index (χ3v) is 5.66. The SMILES string of the molecule is COc1ccccc1C(CNC(=O)N1CCN(c2nccs2)CC1)N(C)C. The first-order valence-electron chi connectivity index (χ1n) is 9.06. The van der Waals surface area contributed by atoms with Crippen LogP contribution in [0.1, 0.15) is 11.6 Å². The monoisotopic (exact) mass is 389 g/mol. The highest BCUT2D eigenvalue weighted by molar-refractivity contribution is 7.13. The molecule has 0 spiro atoms. The van der Waals surface area contributed by atoms with E-state index < -0.39 is 0 Å². The van der Waals surface area contributed by atoms with Crippen molar-refractivity contribution in [2.24, 2.45) is 0 Å². The maximum Gasteiger partial charge on any atom is 0.317 e. The van der Waals surface area contributed by atoms with Crippen LogP contribution in [0.2, 0.25) is 0 Å². The molecule has 1 aromatic carbocycles. The third-order valence-electron chi connectivity index (χ3n) is 4.82. The van der Waals surface area contributed by atoms with Crippen LogP contribution in [0.3, 0.4) is 0 Å². The number of nitrogens with one attached hydrogen (secondary N) is 1. The second kappa shape index (κ2) is 9.05. The number of anilines is 1. The summed E-state index contributed by atoms with van der Waals surface area (Å²) in [5, 5.41) is 6.10. The van der Waals surface area contributed by atoms with Crippen molar-refractivity contribution in [2.75, 3.05) is 58.8 Å². The van der Waals surface area contributed by atoms with Gasteiger partial charge in [-0.05, 0) is 20.2 Å². The zero-order chi connectivity index (χ0) is 19.2. The molecule has 1 aromatic heterocycles. The number of carbonyl (C=O) groups excluding carboxylic acids is 1. The number of rotatable bonds is 6. The lowest BCUT2D eigenvalue weighted by atomic mass is 10.0. The lowest BCUT2D eigenvalue weighted by molar-refractivity contribution is 0.188. The number of benzene rings is 1. The first-order valence-corrected chi connectivity index (χ1v) is 9.94. The van der Waals surface area contributed by atoms with Gasteiger partial charge in [-0.3, -0.25) is 0 Å². The Hall–Kier alpha value is -2.32. The second-order valence-corrected chi connectivity index (χ2v) is 7.57. The van der Waals surface area contributed by atoms with E-state index in [-0.39, 0.29) is 12.1 Å². The predicted molar refractivity (Wildman–Crippen MR) is 109 cm³/mol. The van der Waals surface area contributed by atoms with E-state index in [0.717, 1.165) is 29.5 Å². The Morgan fingerprint density at radius 1 is 1.30 bits per heavy atom. The summed E-state index contributed by atoms with van der Waals surface area (Å²) in [6, 6.07) is 7.97. The van der Waals surface area contributed by atoms with E-state index in [4.69, 9.17) is 4.74 Å². The first kappa shape index (κ1) is 19.4. The van der Waals surface area contributed by atoms with Gasteiger partial charge < -0.3 is 24.8 Å². The molecule has 1 atom stereocenters. The molecule has 2 aromatic rings. The molecular formula is C19H27N5O2S. The summed E-state index contributed by atoms with van der Waals surface area (Å²) in [6.07, 6.45) is 1.82. The summed E-state index contributed by atoms with van der Waals surface area (Å²) in [4.78, 5) is 23.2. The molecule has 27 heavy (non-hydrogen) atoms. The van der Waals surface area contributed by atoms with Crippen LogP contribution in [-0.4, -0.2) is 74.7 Å². The number of aromatic nitrogens is 1. The van der Waals surface area contributed by atoms with Gasteiger partial charge in [0.05, 0.1) is 13.2 Å². The van der Waals surface area contributed by atoms with E-state index >= 15 is 0 Å². The fourth-order valence-electron chi connectivity index (χ4n) is 3.28. The number of ether oxygens (including phenoxy) is 1. The van der Waals surface area contributed by atoms with Gasteiger partial charge in [0.25, 0.3) is 0 Å². The maximum absolute atomic E-state index is 12.6. The predicted octanol–water partition coefficient (Wildman–Crippen LogP) is 2.29. The summed E-state index contributed by atoms with van der Waals surface area (Å²) >= 11 is 1.64. The summed E-state index contributed by atoms with van der Waals surface area (Å²) in [5.41, 5.74) is 1.07. The van der Waals surface area contributed by atoms with Crippen LogP contribution in [0, 0.1) is 0 Å². The third kappa shape index (κ3) is 4.70. The Balaban J connectivity index is 1.56. The van der Waals surface area contributed by atoms with Gasteiger partial charge >= 0.3 is 6.03 Å². The highest BCUT2D eigenvalue weighted by Crippen LogP contribution is 2.27. The van der Waals surface area contributed by atoms with E-state index in [0.29, 0.717) is 19.6 Å². The number of thiazole rings is 1. The van der Waals surface area contributed by atoms with Gasteiger partial charge in [0.15, 0.2) is 5.13 Å². The van der Waals surface area contributed by atoms with Crippen molar-refractivity contribution in [3.8, 4) is 5.75 Å². The normalized spacial score (nSPS) is 15.7. The number of urea groups is 1. The molecule has 3 rings (SSSR count). The van der Waals surface area contributed by atoms with Crippen LogP contribution in [-0.2, 0) is 0 Å². The fourth-order valence-corrected chi connectivity index (χ4v) is 3.98. The Kier molecular flexibility index (Phi) is 6.52. The Morgan fingerprint density at radius 3 is 2.67 bits per heavy atom. The lowest BCUT2D eigenvalue weighted by Crippen LogP contribution is -2.52. The van der Waals surface area contributed by atoms with Gasteiger partial charge in [0, 0.05) is 49.9 Å². The number of amides is 2. The number of hydrogen-bond acceptors (Lipinski definition) is 6. The molecule has 1 N–H and O–H groups in total. The molecule has 2 heterocycles. The molecule has 1 fully saturated rings. The molecule has 7 nitrogen and oxygen atoms in total. The number of piperazine rings is 1. The van der Waals surface area contributed by atoms with Crippen LogP contribution in [0.15, 0.2) is 35.8 Å². The van der Waals surface area contributed by atoms with Gasteiger partial charge in [0.2, 0.25) is 0 Å². The van der Waals surface area contributed by atoms with Crippen molar-refractivity contribution in [3.63, 3.8) is 0 Å². The van der Waals surface area contributed by atoms with Crippen LogP contribution in [0.25, 0.3) is 0 Å². The minimum Gasteiger partial charge on any atom is -0.496 e. The van der Waals surface area contributed by atoms with E-state index in [2.05, 4.69) is 20.1 Å². The number of carbonyl (C=O) groups is 1.